The van der Waals surface area contributed by atoms with Gasteiger partial charge < -0.3 is 10.2 Å². The Labute approximate surface area is 72.5 Å². The first-order chi connectivity index (χ1) is 5.57. The van der Waals surface area contributed by atoms with E-state index in [1.54, 1.807) is 0 Å². The molecule has 0 amide bonds. The third-order valence-corrected chi connectivity index (χ3v) is 2.34. The zero-order chi connectivity index (χ0) is 9.30. The molecule has 0 heterocycles. The van der Waals surface area contributed by atoms with Gasteiger partial charge >= 0.3 is 0 Å². The SMILES string of the molecule is CCc1c(O)cc(O)c(C)c1C. The number of hydrogen-bond acceptors (Lipinski definition) is 2. The van der Waals surface area contributed by atoms with Crippen molar-refractivity contribution in [3.8, 4) is 11.5 Å². The minimum atomic E-state index is 0.169. The van der Waals surface area contributed by atoms with Gasteiger partial charge in [-0.3, -0.25) is 0 Å². The van der Waals surface area contributed by atoms with Gasteiger partial charge in [0.1, 0.15) is 11.5 Å². The van der Waals surface area contributed by atoms with Crippen LogP contribution in [0.2, 0.25) is 0 Å². The molecular formula is C10H14O2. The van der Waals surface area contributed by atoms with Crippen molar-refractivity contribution in [2.45, 2.75) is 27.2 Å². The van der Waals surface area contributed by atoms with Crippen molar-refractivity contribution in [3.05, 3.63) is 22.8 Å². The first-order valence-corrected chi connectivity index (χ1v) is 4.09. The zero-order valence-corrected chi connectivity index (χ0v) is 7.68. The molecule has 0 saturated heterocycles. The number of phenols is 2. The van der Waals surface area contributed by atoms with E-state index in [4.69, 9.17) is 0 Å². The van der Waals surface area contributed by atoms with Crippen LogP contribution >= 0.6 is 0 Å². The molecular weight excluding hydrogens is 152 g/mol. The van der Waals surface area contributed by atoms with Gasteiger partial charge in [0.05, 0.1) is 0 Å². The molecule has 0 atom stereocenters. The highest BCUT2D eigenvalue weighted by atomic mass is 16.3. The van der Waals surface area contributed by atoms with Gasteiger partial charge in [0, 0.05) is 6.07 Å². The summed E-state index contributed by atoms with van der Waals surface area (Å²) in [6.45, 7) is 5.75. The zero-order valence-electron chi connectivity index (χ0n) is 7.68. The fourth-order valence-corrected chi connectivity index (χ4v) is 1.38. The van der Waals surface area contributed by atoms with Crippen LogP contribution in [-0.4, -0.2) is 10.2 Å². The summed E-state index contributed by atoms with van der Waals surface area (Å²) in [6, 6.07) is 1.40. The molecule has 1 rings (SSSR count). The molecule has 1 aromatic rings. The predicted octanol–water partition coefficient (Wildman–Crippen LogP) is 2.28. The second kappa shape index (κ2) is 3.05. The molecule has 0 aromatic heterocycles. The Hall–Kier alpha value is -1.18. The molecule has 0 radical (unpaired) electrons. The van der Waals surface area contributed by atoms with E-state index in [0.717, 1.165) is 23.1 Å². The molecule has 0 aliphatic rings. The molecule has 0 fully saturated rings. The van der Waals surface area contributed by atoms with Crippen molar-refractivity contribution >= 4 is 0 Å². The van der Waals surface area contributed by atoms with Gasteiger partial charge in [-0.25, -0.2) is 0 Å². The third-order valence-electron chi connectivity index (χ3n) is 2.34. The van der Waals surface area contributed by atoms with E-state index in [9.17, 15) is 10.2 Å². The fraction of sp³-hybridized carbons (Fsp3) is 0.400. The Balaban J connectivity index is 3.40. The first-order valence-electron chi connectivity index (χ1n) is 4.09. The minimum Gasteiger partial charge on any atom is -0.508 e. The van der Waals surface area contributed by atoms with Gasteiger partial charge in [-0.2, -0.15) is 0 Å². The van der Waals surface area contributed by atoms with Crippen LogP contribution in [0.15, 0.2) is 6.07 Å². The molecule has 12 heavy (non-hydrogen) atoms. The van der Waals surface area contributed by atoms with Gasteiger partial charge in [0.25, 0.3) is 0 Å². The normalized spacial score (nSPS) is 10.2. The Morgan fingerprint density at radius 2 is 1.67 bits per heavy atom. The first kappa shape index (κ1) is 8.91. The Morgan fingerprint density at radius 3 is 2.17 bits per heavy atom. The van der Waals surface area contributed by atoms with Gasteiger partial charge in [-0.05, 0) is 37.0 Å². The summed E-state index contributed by atoms with van der Waals surface area (Å²) in [5.41, 5.74) is 2.75. The molecule has 0 bridgehead atoms. The number of benzene rings is 1. The maximum Gasteiger partial charge on any atom is 0.122 e. The van der Waals surface area contributed by atoms with Crippen LogP contribution in [-0.2, 0) is 6.42 Å². The molecule has 2 nitrogen and oxygen atoms in total. The van der Waals surface area contributed by atoms with Gasteiger partial charge in [0.15, 0.2) is 0 Å². The van der Waals surface area contributed by atoms with E-state index >= 15 is 0 Å². The summed E-state index contributed by atoms with van der Waals surface area (Å²) in [4.78, 5) is 0. The molecule has 2 N–H and O–H groups in total. The number of phenolic OH excluding ortho intramolecular Hbond substituents is 2. The van der Waals surface area contributed by atoms with Crippen molar-refractivity contribution in [2.75, 3.05) is 0 Å². The van der Waals surface area contributed by atoms with Crippen molar-refractivity contribution in [2.24, 2.45) is 0 Å². The monoisotopic (exact) mass is 166 g/mol. The lowest BCUT2D eigenvalue weighted by molar-refractivity contribution is 0.443. The minimum absolute atomic E-state index is 0.169. The van der Waals surface area contributed by atoms with E-state index < -0.39 is 0 Å². The summed E-state index contributed by atoms with van der Waals surface area (Å²) >= 11 is 0. The Bertz CT molecular complexity index is 303. The molecule has 0 aliphatic heterocycles. The van der Waals surface area contributed by atoms with E-state index in [-0.39, 0.29) is 11.5 Å². The van der Waals surface area contributed by atoms with Crippen LogP contribution in [0, 0.1) is 13.8 Å². The third kappa shape index (κ3) is 1.24. The quantitative estimate of drug-likeness (QED) is 0.672. The molecule has 66 valence electrons. The lowest BCUT2D eigenvalue weighted by Crippen LogP contribution is -1.91. The maximum absolute atomic E-state index is 9.44. The van der Waals surface area contributed by atoms with E-state index in [1.807, 2.05) is 20.8 Å². The molecule has 0 spiro atoms. The van der Waals surface area contributed by atoms with Crippen LogP contribution in [0.5, 0.6) is 11.5 Å². The smallest absolute Gasteiger partial charge is 0.122 e. The van der Waals surface area contributed by atoms with Crippen molar-refractivity contribution in [1.29, 1.82) is 0 Å². The van der Waals surface area contributed by atoms with Crippen molar-refractivity contribution in [3.63, 3.8) is 0 Å². The highest BCUT2D eigenvalue weighted by molar-refractivity contribution is 5.50. The van der Waals surface area contributed by atoms with E-state index in [1.165, 1.54) is 6.07 Å². The Kier molecular flexibility index (Phi) is 2.27. The summed E-state index contributed by atoms with van der Waals surface area (Å²) < 4.78 is 0. The summed E-state index contributed by atoms with van der Waals surface area (Å²) in [7, 11) is 0. The molecule has 0 unspecified atom stereocenters. The van der Waals surface area contributed by atoms with E-state index in [0.29, 0.717) is 0 Å². The van der Waals surface area contributed by atoms with Crippen molar-refractivity contribution < 1.29 is 10.2 Å². The highest BCUT2D eigenvalue weighted by Crippen LogP contribution is 2.31. The van der Waals surface area contributed by atoms with Crippen LogP contribution in [0.1, 0.15) is 23.6 Å². The van der Waals surface area contributed by atoms with E-state index in [2.05, 4.69) is 0 Å². The van der Waals surface area contributed by atoms with Gasteiger partial charge in [0.2, 0.25) is 0 Å². The summed E-state index contributed by atoms with van der Waals surface area (Å²) in [5.74, 6) is 0.361. The summed E-state index contributed by atoms with van der Waals surface area (Å²) in [6.07, 6.45) is 0.790. The number of aromatic hydroxyl groups is 2. The predicted molar refractivity (Wildman–Crippen MR) is 48.6 cm³/mol. The Morgan fingerprint density at radius 1 is 1.08 bits per heavy atom. The average molecular weight is 166 g/mol. The van der Waals surface area contributed by atoms with Gasteiger partial charge in [-0.15, -0.1) is 0 Å². The lowest BCUT2D eigenvalue weighted by Gasteiger charge is -2.10. The molecule has 0 aliphatic carbocycles. The molecule has 1 aromatic carbocycles. The maximum atomic E-state index is 9.44. The second-order valence-corrected chi connectivity index (χ2v) is 3.00. The van der Waals surface area contributed by atoms with Crippen LogP contribution < -0.4 is 0 Å². The standard InChI is InChI=1S/C10H14O2/c1-4-8-6(2)7(3)9(11)5-10(8)12/h5,11-12H,4H2,1-3H3. The summed E-state index contributed by atoms with van der Waals surface area (Å²) in [5, 5.41) is 18.8. The van der Waals surface area contributed by atoms with Crippen LogP contribution in [0.25, 0.3) is 0 Å². The number of rotatable bonds is 1. The molecule has 0 saturated carbocycles. The van der Waals surface area contributed by atoms with Crippen LogP contribution in [0.3, 0.4) is 0 Å². The average Bonchev–Trinajstić information content (AvgIpc) is 2.01. The largest absolute Gasteiger partial charge is 0.508 e. The lowest BCUT2D eigenvalue weighted by atomic mass is 9.99. The second-order valence-electron chi connectivity index (χ2n) is 3.00. The van der Waals surface area contributed by atoms with Crippen molar-refractivity contribution in [1.82, 2.24) is 0 Å². The number of hydrogen-bond donors (Lipinski definition) is 2. The highest BCUT2D eigenvalue weighted by Gasteiger charge is 2.08. The van der Waals surface area contributed by atoms with Gasteiger partial charge in [-0.1, -0.05) is 6.92 Å². The topological polar surface area (TPSA) is 40.5 Å². The fourth-order valence-electron chi connectivity index (χ4n) is 1.38. The molecule has 2 heteroatoms. The van der Waals surface area contributed by atoms with Crippen LogP contribution in [0.4, 0.5) is 0 Å².